The van der Waals surface area contributed by atoms with Crippen LogP contribution in [0.1, 0.15) is 66.0 Å². The van der Waals surface area contributed by atoms with Crippen molar-refractivity contribution >= 4 is 40.1 Å². The van der Waals surface area contributed by atoms with E-state index in [2.05, 4.69) is 75.5 Å². The molecule has 5 aliphatic heterocycles. The van der Waals surface area contributed by atoms with Gasteiger partial charge in [-0.05, 0) is 92.3 Å². The summed E-state index contributed by atoms with van der Waals surface area (Å²) in [6.07, 6.45) is 12.6. The number of para-hydroxylation sites is 1. The quantitative estimate of drug-likeness (QED) is 0.298. The molecule has 8 rings (SSSR count). The topological polar surface area (TPSA) is 109 Å². The second kappa shape index (κ2) is 12.6. The number of aliphatic hydroxyl groups is 1. The third-order valence-electron chi connectivity index (χ3n) is 11.0. The molecule has 0 saturated carbocycles. The Morgan fingerprint density at radius 2 is 1.75 bits per heavy atom. The van der Waals surface area contributed by atoms with Gasteiger partial charge in [0.15, 0.2) is 0 Å². The van der Waals surface area contributed by atoms with Crippen molar-refractivity contribution in [1.29, 1.82) is 0 Å². The molecule has 1 aliphatic carbocycles. The molecular weight excluding hydrogens is 635 g/mol. The second-order valence-electron chi connectivity index (χ2n) is 13.9. The number of aliphatic imine (C=N–C) groups is 3. The molecule has 0 radical (unpaired) electrons. The molecule has 6 aliphatic rings. The standard InChI is InChI=1S/C43H41N5O3/c1-7-28-22(2)34-20-38-29(15-14-27-13-12-26-10-8-9-11-32(26)44-27)23(3)33(46-38)19-35-24(4)30(16-17-40(50)51-6)42(47-35)31-18-39(49)41-25(5)36(48-43(31)41)21-37(28)45-34/h8-15,19-21,24,30,47,49H,7,16-18H2,1-6H3/b15-14+,35-19?,37-21?,38-20?,42-31?/t24-,30-/m0/s1. The predicted molar refractivity (Wildman–Crippen MR) is 204 cm³/mol. The molecule has 2 atom stereocenters. The van der Waals surface area contributed by atoms with Crippen molar-refractivity contribution in [3.05, 3.63) is 140 Å². The number of carbonyl (C=O) groups excluding carboxylic acids is 1. The summed E-state index contributed by atoms with van der Waals surface area (Å²) in [5, 5.41) is 16.2. The van der Waals surface area contributed by atoms with Crippen molar-refractivity contribution in [3.8, 4) is 0 Å². The summed E-state index contributed by atoms with van der Waals surface area (Å²) in [4.78, 5) is 32.8. The molecule has 0 spiro atoms. The van der Waals surface area contributed by atoms with Crippen LogP contribution in [0.3, 0.4) is 0 Å². The molecule has 1 aromatic carbocycles. The number of hydrogen-bond acceptors (Lipinski definition) is 8. The summed E-state index contributed by atoms with van der Waals surface area (Å²) in [7, 11) is 1.43. The van der Waals surface area contributed by atoms with Crippen LogP contribution in [0.4, 0.5) is 0 Å². The SMILES string of the molecule is CCC1=C(C)C2=NC1=CC1=C(C)C3=C(O)CC(=C4NC(=CC5=NC(=C2)C(/C=C/c2ccc6ccccc6n2)=C5C)[C@@H](C)[C@@H]4CCC(=O)OC)C3=N1. The number of allylic oxidation sites excluding steroid dienone is 12. The second-order valence-corrected chi connectivity index (χ2v) is 13.9. The van der Waals surface area contributed by atoms with E-state index in [4.69, 9.17) is 24.7 Å². The molecule has 1 fully saturated rings. The minimum absolute atomic E-state index is 0.00270. The number of ether oxygens (including phenoxy) is 1. The maximum atomic E-state index is 12.4. The third-order valence-corrected chi connectivity index (χ3v) is 11.0. The molecule has 256 valence electrons. The Balaban J connectivity index is 1.30. The van der Waals surface area contributed by atoms with Gasteiger partial charge < -0.3 is 15.2 Å². The number of nitrogens with zero attached hydrogens (tertiary/aromatic N) is 4. The van der Waals surface area contributed by atoms with Crippen LogP contribution in [0.25, 0.3) is 17.0 Å². The molecule has 2 N–H and O–H groups in total. The van der Waals surface area contributed by atoms with E-state index in [-0.39, 0.29) is 17.8 Å². The smallest absolute Gasteiger partial charge is 0.305 e. The highest BCUT2D eigenvalue weighted by Crippen LogP contribution is 2.46. The maximum absolute atomic E-state index is 12.4. The Bertz CT molecular complexity index is 2350. The summed E-state index contributed by atoms with van der Waals surface area (Å²) in [6.45, 7) is 10.6. The number of esters is 1. The van der Waals surface area contributed by atoms with Crippen molar-refractivity contribution in [2.75, 3.05) is 7.11 Å². The number of nitrogens with one attached hydrogen (secondary N) is 1. The van der Waals surface area contributed by atoms with E-state index in [0.29, 0.717) is 25.0 Å². The molecule has 1 aromatic heterocycles. The van der Waals surface area contributed by atoms with Crippen molar-refractivity contribution in [1.82, 2.24) is 10.3 Å². The highest BCUT2D eigenvalue weighted by atomic mass is 16.5. The minimum atomic E-state index is -0.238. The summed E-state index contributed by atoms with van der Waals surface area (Å²) < 4.78 is 5.03. The fourth-order valence-electron chi connectivity index (χ4n) is 8.05. The van der Waals surface area contributed by atoms with Crippen LogP contribution in [-0.2, 0) is 9.53 Å². The van der Waals surface area contributed by atoms with Crippen molar-refractivity contribution in [2.24, 2.45) is 26.8 Å². The Kier molecular flexibility index (Phi) is 8.05. The molecule has 0 amide bonds. The number of rotatable bonds is 6. The van der Waals surface area contributed by atoms with Crippen molar-refractivity contribution in [3.63, 3.8) is 0 Å². The summed E-state index contributed by atoms with van der Waals surface area (Å²) in [5.74, 6) is 0.136. The molecule has 8 bridgehead atoms. The van der Waals surface area contributed by atoms with Crippen molar-refractivity contribution in [2.45, 2.75) is 60.3 Å². The number of methoxy groups -OCH3 is 1. The predicted octanol–water partition coefficient (Wildman–Crippen LogP) is 8.87. The highest BCUT2D eigenvalue weighted by Gasteiger charge is 2.41. The average Bonchev–Trinajstić information content (AvgIpc) is 3.88. The van der Waals surface area contributed by atoms with Gasteiger partial charge in [0, 0.05) is 58.2 Å². The van der Waals surface area contributed by atoms with Gasteiger partial charge in [-0.3, -0.25) is 4.79 Å². The van der Waals surface area contributed by atoms with Gasteiger partial charge in [0.2, 0.25) is 0 Å². The number of fused-ring (bicyclic) bond motifs is 6. The van der Waals surface area contributed by atoms with E-state index in [1.165, 1.54) is 12.7 Å². The fourth-order valence-corrected chi connectivity index (χ4v) is 8.05. The van der Waals surface area contributed by atoms with E-state index in [1.54, 1.807) is 0 Å². The minimum Gasteiger partial charge on any atom is -0.511 e. The van der Waals surface area contributed by atoms with Gasteiger partial charge in [0.1, 0.15) is 5.76 Å². The zero-order valence-electron chi connectivity index (χ0n) is 29.9. The van der Waals surface area contributed by atoms with Crippen LogP contribution in [0.5, 0.6) is 0 Å². The molecular formula is C43H41N5O3. The lowest BCUT2D eigenvalue weighted by Crippen LogP contribution is -2.16. The van der Waals surface area contributed by atoms with Crippen LogP contribution in [-0.4, -0.2) is 40.3 Å². The van der Waals surface area contributed by atoms with Crippen LogP contribution in [0.2, 0.25) is 0 Å². The third kappa shape index (κ3) is 5.50. The first kappa shape index (κ1) is 32.6. The molecule has 8 heteroatoms. The number of hydrogen-bond donors (Lipinski definition) is 2. The lowest BCUT2D eigenvalue weighted by molar-refractivity contribution is -0.140. The van der Waals surface area contributed by atoms with Gasteiger partial charge in [-0.15, -0.1) is 0 Å². The Labute approximate surface area is 298 Å². The van der Waals surface area contributed by atoms with Crippen LogP contribution >= 0.6 is 0 Å². The van der Waals surface area contributed by atoms with Crippen LogP contribution < -0.4 is 5.32 Å². The number of benzene rings is 1. The van der Waals surface area contributed by atoms with E-state index in [0.717, 1.165) is 102 Å². The van der Waals surface area contributed by atoms with Gasteiger partial charge >= 0.3 is 5.97 Å². The van der Waals surface area contributed by atoms with Crippen LogP contribution in [0.15, 0.2) is 149 Å². The first-order valence-corrected chi connectivity index (χ1v) is 17.7. The monoisotopic (exact) mass is 675 g/mol. The van der Waals surface area contributed by atoms with Gasteiger partial charge in [-0.25, -0.2) is 20.0 Å². The van der Waals surface area contributed by atoms with E-state index in [1.807, 2.05) is 31.2 Å². The van der Waals surface area contributed by atoms with E-state index < -0.39 is 0 Å². The van der Waals surface area contributed by atoms with Gasteiger partial charge in [-0.2, -0.15) is 0 Å². The van der Waals surface area contributed by atoms with E-state index in [9.17, 15) is 9.90 Å². The van der Waals surface area contributed by atoms with Gasteiger partial charge in [-0.1, -0.05) is 44.2 Å². The number of aliphatic hydroxyl groups excluding tert-OH is 1. The number of pyridine rings is 1. The molecule has 6 heterocycles. The Morgan fingerprint density at radius 3 is 2.55 bits per heavy atom. The normalized spacial score (nSPS) is 22.6. The summed E-state index contributed by atoms with van der Waals surface area (Å²) in [5.41, 5.74) is 16.0. The number of aromatic nitrogens is 1. The van der Waals surface area contributed by atoms with Gasteiger partial charge in [0.05, 0.1) is 52.5 Å². The van der Waals surface area contributed by atoms with Crippen LogP contribution in [0, 0.1) is 11.8 Å². The van der Waals surface area contributed by atoms with Gasteiger partial charge in [0.25, 0.3) is 0 Å². The number of carbonyl (C=O) groups is 1. The Hall–Kier alpha value is -5.63. The Morgan fingerprint density at radius 1 is 0.961 bits per heavy atom. The zero-order valence-corrected chi connectivity index (χ0v) is 29.9. The van der Waals surface area contributed by atoms with Crippen molar-refractivity contribution < 1.29 is 14.6 Å². The van der Waals surface area contributed by atoms with E-state index >= 15 is 0 Å². The first-order chi connectivity index (χ1) is 24.6. The fraction of sp³-hybridized carbons (Fsp3) is 0.279. The highest BCUT2D eigenvalue weighted by molar-refractivity contribution is 6.21. The molecule has 51 heavy (non-hydrogen) atoms. The lowest BCUT2D eigenvalue weighted by Gasteiger charge is -2.17. The maximum Gasteiger partial charge on any atom is 0.305 e. The largest absolute Gasteiger partial charge is 0.511 e. The molecule has 1 saturated heterocycles. The lowest BCUT2D eigenvalue weighted by atomic mass is 9.86. The summed E-state index contributed by atoms with van der Waals surface area (Å²) >= 11 is 0. The zero-order chi connectivity index (χ0) is 35.6. The molecule has 8 nitrogen and oxygen atoms in total. The summed E-state index contributed by atoms with van der Waals surface area (Å²) in [6, 6.07) is 12.3. The first-order valence-electron chi connectivity index (χ1n) is 17.7. The average molecular weight is 676 g/mol. The molecule has 0 unspecified atom stereocenters. The molecule has 2 aromatic rings.